The molecule has 8 aromatic carbocycles. The molecule has 0 saturated heterocycles. The van der Waals surface area contributed by atoms with Gasteiger partial charge in [-0.05, 0) is 71.4 Å². The normalized spacial score (nSPS) is 12.8. The summed E-state index contributed by atoms with van der Waals surface area (Å²) in [6.07, 6.45) is 0. The van der Waals surface area contributed by atoms with Crippen molar-refractivity contribution in [3.05, 3.63) is 97.1 Å². The van der Waals surface area contributed by atoms with Crippen molar-refractivity contribution in [2.75, 3.05) is 11.5 Å². The molecule has 0 aliphatic carbocycles. The van der Waals surface area contributed by atoms with Crippen molar-refractivity contribution in [3.63, 3.8) is 0 Å². The molecule has 0 heterocycles. The molecular weight excluding hydrogens is 1330 g/mol. The van der Waals surface area contributed by atoms with Gasteiger partial charge in [-0.2, -0.15) is 33.7 Å². The van der Waals surface area contributed by atoms with E-state index in [4.69, 9.17) is 11.5 Å². The minimum absolute atomic E-state index is 0. The molecule has 0 saturated carbocycles. The summed E-state index contributed by atoms with van der Waals surface area (Å²) in [4.78, 5) is -7.86. The van der Waals surface area contributed by atoms with Gasteiger partial charge in [-0.15, -0.1) is 20.5 Å². The Morgan fingerprint density at radius 1 is 0.357 bits per heavy atom. The van der Waals surface area contributed by atoms with Gasteiger partial charge in [0.1, 0.15) is 82.8 Å². The number of nitrogens with zero attached hydrogens (tertiary/aromatic N) is 4. The quantitative estimate of drug-likeness (QED) is 0.0244. The molecule has 10 N–H and O–H groups in total. The summed E-state index contributed by atoms with van der Waals surface area (Å²) in [7, 11) is -41.3. The van der Waals surface area contributed by atoms with Gasteiger partial charge in [0.2, 0.25) is 0 Å². The fourth-order valence-electron chi connectivity index (χ4n) is 7.78. The molecule has 8 aromatic rings. The molecule has 0 atom stereocenters. The molecule has 0 bridgehead atoms. The molecule has 32 nitrogen and oxygen atoms in total. The van der Waals surface area contributed by atoms with E-state index in [0.717, 1.165) is 60.7 Å². The number of hydrogen-bond donors (Lipinski definition) is 8. The number of anilines is 2. The maximum atomic E-state index is 12.2. The Bertz CT molecular complexity index is 4800. The molecule has 0 amide bonds. The zero-order valence-electron chi connectivity index (χ0n) is 42.3. The first kappa shape index (κ1) is 74.7. The molecule has 0 unspecified atom stereocenters. The van der Waals surface area contributed by atoms with Crippen LogP contribution in [0.25, 0.3) is 43.1 Å². The Labute approximate surface area is 562 Å². The Hall–Kier alpha value is -3.52. The Morgan fingerprint density at radius 2 is 0.667 bits per heavy atom. The monoisotopic (exact) mass is 1350 g/mol. The summed E-state index contributed by atoms with van der Waals surface area (Å²) in [5.41, 5.74) is 6.80. The number of benzene rings is 8. The van der Waals surface area contributed by atoms with Crippen molar-refractivity contribution in [2.24, 2.45) is 20.5 Å². The number of phenols is 2. The maximum absolute atomic E-state index is 12.2. The van der Waals surface area contributed by atoms with E-state index >= 15 is 0 Å². The molecule has 0 aromatic heterocycles. The number of hydrogen-bond acceptors (Lipinski definition) is 28. The van der Waals surface area contributed by atoms with Crippen molar-refractivity contribution in [1.29, 1.82) is 0 Å². The first-order valence-corrected chi connectivity index (χ1v) is 31.7. The molecule has 424 valence electrons. The van der Waals surface area contributed by atoms with Crippen molar-refractivity contribution in [1.82, 2.24) is 0 Å². The maximum Gasteiger partial charge on any atom is 1.00 e. The molecule has 0 aliphatic rings. The number of aromatic hydroxyl groups is 2. The first-order valence-electron chi connectivity index (χ1n) is 20.3. The second-order valence-electron chi connectivity index (χ2n) is 16.0. The van der Waals surface area contributed by atoms with Crippen LogP contribution in [-0.2, 0) is 80.9 Å². The van der Waals surface area contributed by atoms with Crippen molar-refractivity contribution < 1.29 is 232 Å². The molecule has 8 rings (SSSR count). The summed E-state index contributed by atoms with van der Waals surface area (Å²) in [5, 5.41) is 32.1. The van der Waals surface area contributed by atoms with E-state index < -0.39 is 198 Å². The third kappa shape index (κ3) is 15.8. The van der Waals surface area contributed by atoms with E-state index in [0.29, 0.717) is 36.4 Å². The van der Waals surface area contributed by atoms with Crippen LogP contribution in [0, 0.1) is 0 Å². The van der Waals surface area contributed by atoms with Crippen molar-refractivity contribution in [2.45, 2.75) is 39.2 Å². The van der Waals surface area contributed by atoms with Gasteiger partial charge in [0.25, 0.3) is 40.5 Å². The van der Waals surface area contributed by atoms with E-state index in [-0.39, 0.29) is 129 Å². The van der Waals surface area contributed by atoms with E-state index in [9.17, 15) is 114 Å². The minimum atomic E-state index is -5.50. The molecule has 0 fully saturated rings. The summed E-state index contributed by atoms with van der Waals surface area (Å²) < 4.78 is 274. The molecular formula is C40H26N6Na4O26S8. The zero-order chi connectivity index (χ0) is 60.0. The molecule has 44 heteroatoms. The summed E-state index contributed by atoms with van der Waals surface area (Å²) in [6, 6.07) is 13.4. The third-order valence-electron chi connectivity index (χ3n) is 10.9. The zero-order valence-corrected chi connectivity index (χ0v) is 56.8. The van der Waals surface area contributed by atoms with Crippen LogP contribution < -0.4 is 130 Å². The van der Waals surface area contributed by atoms with E-state index in [1.165, 1.54) is 0 Å². The van der Waals surface area contributed by atoms with Gasteiger partial charge in [0.05, 0.1) is 19.6 Å². The molecule has 0 aliphatic heterocycles. The van der Waals surface area contributed by atoms with Crippen LogP contribution in [0.4, 0.5) is 34.1 Å². The van der Waals surface area contributed by atoms with Gasteiger partial charge >= 0.3 is 118 Å². The van der Waals surface area contributed by atoms with E-state index in [2.05, 4.69) is 20.5 Å². The number of fused-ring (bicyclic) bond motifs is 4. The standard InChI is InChI=1S/2C20H15N3O13S4.4Na/c2*21-13-8-10(37(25,26)27)6-9-7-16(39(31,32)33)18(19(24)17(9)13)23-22-14-5-4-11-12(20(14)40(34,35)36)2-1-3-15(11)38(28,29)30;;;;/h2*1-8,24H,21H2,(H,25,26,27)(H,28,29,30)(H,31,32,33)(H,34,35,36);;;;/q;;4*+1/p-4. The fourth-order valence-corrected chi connectivity index (χ4v) is 13.2. The van der Waals surface area contributed by atoms with Crippen molar-refractivity contribution in [3.8, 4) is 11.5 Å². The predicted molar refractivity (Wildman–Crippen MR) is 267 cm³/mol. The SMILES string of the molecule is Nc1cc(S(=O)(=O)[O-])cc2cc(S(=O)(=O)[O-])c(N=Nc3ccc4c(S(=O)(=O)O)cccc4c3S(=O)(=O)O)c(O)c12.Nc1cc(S(=O)(=O)[O-])cc2cc(S(=O)(=O)[O-])c(N=Nc3ccc4c(S(=O)(=O)O)cccc4c3S(=O)(=O)O)c(O)c12.[Na+].[Na+].[Na+].[Na+]. The van der Waals surface area contributed by atoms with Gasteiger partial charge in [0.15, 0.2) is 11.5 Å². The Kier molecular flexibility index (Phi) is 23.4. The minimum Gasteiger partial charge on any atom is -0.744 e. The van der Waals surface area contributed by atoms with Gasteiger partial charge < -0.3 is 39.9 Å². The summed E-state index contributed by atoms with van der Waals surface area (Å²) in [6.45, 7) is 0. The van der Waals surface area contributed by atoms with Gasteiger partial charge in [-0.3, -0.25) is 18.2 Å². The number of rotatable bonds is 12. The van der Waals surface area contributed by atoms with Crippen LogP contribution in [0.1, 0.15) is 0 Å². The average Bonchev–Trinajstić information content (AvgIpc) is 3.29. The van der Waals surface area contributed by atoms with Crippen molar-refractivity contribution >= 4 is 158 Å². The predicted octanol–water partition coefficient (Wildman–Crippen LogP) is -7.99. The third-order valence-corrected chi connectivity index (χ3v) is 18.0. The summed E-state index contributed by atoms with van der Waals surface area (Å²) >= 11 is 0. The number of phenolic OH excluding ortho intramolecular Hbond substituents is 2. The van der Waals surface area contributed by atoms with Crippen LogP contribution >= 0.6 is 0 Å². The second kappa shape index (κ2) is 26.3. The van der Waals surface area contributed by atoms with Crippen LogP contribution in [0.15, 0.2) is 157 Å². The molecule has 0 radical (unpaired) electrons. The fraction of sp³-hybridized carbons (Fsp3) is 0. The van der Waals surface area contributed by atoms with Gasteiger partial charge in [0, 0.05) is 43.7 Å². The van der Waals surface area contributed by atoms with E-state index in [1.807, 2.05) is 0 Å². The topological polar surface area (TPSA) is 588 Å². The average molecular weight is 1360 g/mol. The number of nitrogens with two attached hydrogens (primary N) is 2. The van der Waals surface area contributed by atoms with Crippen LogP contribution in [-0.4, -0.2) is 114 Å². The largest absolute Gasteiger partial charge is 1.00 e. The van der Waals surface area contributed by atoms with Gasteiger partial charge in [-0.25, -0.2) is 33.7 Å². The van der Waals surface area contributed by atoms with Crippen LogP contribution in [0.3, 0.4) is 0 Å². The smallest absolute Gasteiger partial charge is 0.744 e. The number of azo groups is 2. The molecule has 84 heavy (non-hydrogen) atoms. The molecule has 0 spiro atoms. The van der Waals surface area contributed by atoms with Crippen LogP contribution in [0.5, 0.6) is 11.5 Å². The second-order valence-corrected chi connectivity index (χ2v) is 27.0. The van der Waals surface area contributed by atoms with E-state index in [1.54, 1.807) is 0 Å². The summed E-state index contributed by atoms with van der Waals surface area (Å²) in [5.74, 6) is -2.24. The van der Waals surface area contributed by atoms with Crippen LogP contribution in [0.2, 0.25) is 0 Å². The Balaban J connectivity index is 0.000000420. The van der Waals surface area contributed by atoms with Gasteiger partial charge in [-0.1, -0.05) is 36.4 Å². The number of nitrogen functional groups attached to an aromatic ring is 2. The Morgan fingerprint density at radius 3 is 0.929 bits per heavy atom. The first-order chi connectivity index (χ1) is 36.4.